The van der Waals surface area contributed by atoms with Crippen molar-refractivity contribution in [3.05, 3.63) is 6.33 Å². The summed E-state index contributed by atoms with van der Waals surface area (Å²) in [4.78, 5) is 4.16. The predicted molar refractivity (Wildman–Crippen MR) is 63.9 cm³/mol. The van der Waals surface area contributed by atoms with E-state index in [1.54, 1.807) is 18.1 Å². The molecule has 0 saturated heterocycles. The van der Waals surface area contributed by atoms with Gasteiger partial charge in [-0.25, -0.2) is 9.67 Å². The maximum absolute atomic E-state index is 4.16. The molecule has 0 fully saturated rings. The standard InChI is InChI=1S/C9H16BrN3S/c1-8(3-5-10)4-6-14-9-11-7-12-13(9)2/h7-8H,3-6H2,1-2H3. The van der Waals surface area contributed by atoms with Crippen LogP contribution >= 0.6 is 27.7 Å². The van der Waals surface area contributed by atoms with E-state index in [9.17, 15) is 0 Å². The average Bonchev–Trinajstić information content (AvgIpc) is 2.52. The van der Waals surface area contributed by atoms with E-state index in [1.165, 1.54) is 12.8 Å². The summed E-state index contributed by atoms with van der Waals surface area (Å²) in [5, 5.41) is 6.14. The molecule has 1 atom stereocenters. The van der Waals surface area contributed by atoms with Crippen LogP contribution in [-0.2, 0) is 7.05 Å². The lowest BCUT2D eigenvalue weighted by Gasteiger charge is -2.07. The molecule has 14 heavy (non-hydrogen) atoms. The summed E-state index contributed by atoms with van der Waals surface area (Å²) in [7, 11) is 1.93. The highest BCUT2D eigenvalue weighted by atomic mass is 79.9. The Hall–Kier alpha value is -0.0300. The molecule has 0 bridgehead atoms. The SMILES string of the molecule is CC(CCBr)CCSc1ncnn1C. The lowest BCUT2D eigenvalue weighted by atomic mass is 10.1. The van der Waals surface area contributed by atoms with Crippen LogP contribution in [0, 0.1) is 5.92 Å². The van der Waals surface area contributed by atoms with Gasteiger partial charge in [0.1, 0.15) is 6.33 Å². The van der Waals surface area contributed by atoms with Gasteiger partial charge >= 0.3 is 0 Å². The molecule has 0 saturated carbocycles. The minimum atomic E-state index is 0.787. The van der Waals surface area contributed by atoms with Gasteiger partial charge in [-0.1, -0.05) is 34.6 Å². The van der Waals surface area contributed by atoms with E-state index in [1.807, 2.05) is 11.7 Å². The first-order valence-electron chi connectivity index (χ1n) is 4.76. The number of alkyl halides is 1. The van der Waals surface area contributed by atoms with Crippen LogP contribution in [0.15, 0.2) is 11.5 Å². The monoisotopic (exact) mass is 277 g/mol. The van der Waals surface area contributed by atoms with E-state index in [0.29, 0.717) is 0 Å². The number of hydrogen-bond donors (Lipinski definition) is 0. The number of rotatable bonds is 6. The van der Waals surface area contributed by atoms with Gasteiger partial charge in [-0.3, -0.25) is 0 Å². The van der Waals surface area contributed by atoms with Crippen LogP contribution in [0.25, 0.3) is 0 Å². The second-order valence-corrected chi connectivity index (χ2v) is 5.24. The molecule has 1 rings (SSSR count). The molecule has 0 amide bonds. The summed E-state index contributed by atoms with van der Waals surface area (Å²) in [6.07, 6.45) is 4.09. The average molecular weight is 278 g/mol. The number of aryl methyl sites for hydroxylation is 1. The summed E-state index contributed by atoms with van der Waals surface area (Å²) in [5.41, 5.74) is 0. The Morgan fingerprint density at radius 3 is 2.93 bits per heavy atom. The van der Waals surface area contributed by atoms with Crippen molar-refractivity contribution in [1.82, 2.24) is 14.8 Å². The summed E-state index contributed by atoms with van der Waals surface area (Å²) in [6.45, 7) is 2.29. The number of halogens is 1. The fraction of sp³-hybridized carbons (Fsp3) is 0.778. The molecule has 80 valence electrons. The summed E-state index contributed by atoms with van der Waals surface area (Å²) in [5.74, 6) is 1.91. The minimum absolute atomic E-state index is 0.787. The Morgan fingerprint density at radius 1 is 1.57 bits per heavy atom. The van der Waals surface area contributed by atoms with Crippen LogP contribution in [0.1, 0.15) is 19.8 Å². The molecule has 0 radical (unpaired) electrons. The summed E-state index contributed by atoms with van der Waals surface area (Å²) >= 11 is 5.24. The molecule has 1 heterocycles. The molecule has 0 aliphatic rings. The molecule has 0 aromatic carbocycles. The third kappa shape index (κ3) is 4.00. The highest BCUT2D eigenvalue weighted by molar-refractivity contribution is 9.09. The van der Waals surface area contributed by atoms with Crippen molar-refractivity contribution >= 4 is 27.7 Å². The topological polar surface area (TPSA) is 30.7 Å². The smallest absolute Gasteiger partial charge is 0.185 e. The van der Waals surface area contributed by atoms with E-state index in [0.717, 1.165) is 22.2 Å². The van der Waals surface area contributed by atoms with Gasteiger partial charge in [-0.05, 0) is 18.8 Å². The second kappa shape index (κ2) is 6.45. The summed E-state index contributed by atoms with van der Waals surface area (Å²) < 4.78 is 1.82. The van der Waals surface area contributed by atoms with Crippen molar-refractivity contribution in [2.24, 2.45) is 13.0 Å². The predicted octanol–water partition coefficient (Wildman–Crippen LogP) is 2.72. The fourth-order valence-electron chi connectivity index (χ4n) is 1.10. The van der Waals surface area contributed by atoms with Crippen LogP contribution < -0.4 is 0 Å². The quantitative estimate of drug-likeness (QED) is 0.592. The van der Waals surface area contributed by atoms with Gasteiger partial charge in [0.05, 0.1) is 0 Å². The maximum Gasteiger partial charge on any atom is 0.185 e. The van der Waals surface area contributed by atoms with Crippen molar-refractivity contribution in [2.45, 2.75) is 24.9 Å². The molecular formula is C9H16BrN3S. The molecule has 3 nitrogen and oxygen atoms in total. The highest BCUT2D eigenvalue weighted by Gasteiger charge is 2.04. The number of hydrogen-bond acceptors (Lipinski definition) is 3. The molecule has 0 aliphatic carbocycles. The van der Waals surface area contributed by atoms with Gasteiger partial charge < -0.3 is 0 Å². The van der Waals surface area contributed by atoms with Crippen molar-refractivity contribution in [3.63, 3.8) is 0 Å². The lowest BCUT2D eigenvalue weighted by Crippen LogP contribution is -1.99. The Labute approximate surface area is 97.8 Å². The Morgan fingerprint density at radius 2 is 2.36 bits per heavy atom. The first-order valence-corrected chi connectivity index (χ1v) is 6.87. The van der Waals surface area contributed by atoms with Crippen LogP contribution in [0.3, 0.4) is 0 Å². The van der Waals surface area contributed by atoms with Crippen LogP contribution in [0.4, 0.5) is 0 Å². The van der Waals surface area contributed by atoms with E-state index >= 15 is 0 Å². The van der Waals surface area contributed by atoms with Crippen molar-refractivity contribution in [3.8, 4) is 0 Å². The van der Waals surface area contributed by atoms with E-state index < -0.39 is 0 Å². The molecular weight excluding hydrogens is 262 g/mol. The third-order valence-electron chi connectivity index (χ3n) is 2.11. The molecule has 5 heteroatoms. The molecule has 1 aromatic heterocycles. The van der Waals surface area contributed by atoms with Crippen molar-refractivity contribution in [1.29, 1.82) is 0 Å². The Kier molecular flexibility index (Phi) is 5.55. The molecule has 1 aromatic rings. The number of thioether (sulfide) groups is 1. The zero-order valence-electron chi connectivity index (χ0n) is 8.61. The Bertz CT molecular complexity index is 264. The van der Waals surface area contributed by atoms with Gasteiger partial charge in [0.15, 0.2) is 5.16 Å². The normalized spacial score (nSPS) is 13.1. The molecule has 0 spiro atoms. The number of nitrogens with zero attached hydrogens (tertiary/aromatic N) is 3. The summed E-state index contributed by atoms with van der Waals surface area (Å²) in [6, 6.07) is 0. The largest absolute Gasteiger partial charge is 0.244 e. The number of aromatic nitrogens is 3. The zero-order valence-corrected chi connectivity index (χ0v) is 11.0. The lowest BCUT2D eigenvalue weighted by molar-refractivity contribution is 0.554. The van der Waals surface area contributed by atoms with Gasteiger partial charge in [-0.15, -0.1) is 0 Å². The first-order chi connectivity index (χ1) is 6.74. The van der Waals surface area contributed by atoms with Gasteiger partial charge in [-0.2, -0.15) is 5.10 Å². The van der Waals surface area contributed by atoms with Gasteiger partial charge in [0, 0.05) is 18.1 Å². The van der Waals surface area contributed by atoms with Crippen molar-refractivity contribution < 1.29 is 0 Å². The van der Waals surface area contributed by atoms with E-state index in [-0.39, 0.29) is 0 Å². The molecule has 1 unspecified atom stereocenters. The van der Waals surface area contributed by atoms with E-state index in [4.69, 9.17) is 0 Å². The Balaban J connectivity index is 2.19. The first kappa shape index (κ1) is 12.0. The van der Waals surface area contributed by atoms with Gasteiger partial charge in [0.25, 0.3) is 0 Å². The third-order valence-corrected chi connectivity index (χ3v) is 3.64. The van der Waals surface area contributed by atoms with Gasteiger partial charge in [0.2, 0.25) is 0 Å². The van der Waals surface area contributed by atoms with E-state index in [2.05, 4.69) is 32.9 Å². The van der Waals surface area contributed by atoms with Crippen LogP contribution in [0.2, 0.25) is 0 Å². The van der Waals surface area contributed by atoms with Crippen LogP contribution in [0.5, 0.6) is 0 Å². The maximum atomic E-state index is 4.16. The molecule has 0 N–H and O–H groups in total. The second-order valence-electron chi connectivity index (χ2n) is 3.39. The molecule has 0 aliphatic heterocycles. The zero-order chi connectivity index (χ0) is 10.4. The highest BCUT2D eigenvalue weighted by Crippen LogP contribution is 2.18. The van der Waals surface area contributed by atoms with Crippen LogP contribution in [-0.4, -0.2) is 25.8 Å². The minimum Gasteiger partial charge on any atom is -0.244 e. The fourth-order valence-corrected chi connectivity index (χ4v) is 2.94. The van der Waals surface area contributed by atoms with Crippen molar-refractivity contribution in [2.75, 3.05) is 11.1 Å².